The Morgan fingerprint density at radius 2 is 2.22 bits per heavy atom. The van der Waals surface area contributed by atoms with Gasteiger partial charge in [-0.15, -0.1) is 11.3 Å². The van der Waals surface area contributed by atoms with Crippen molar-refractivity contribution in [2.75, 3.05) is 18.6 Å². The Kier molecular flexibility index (Phi) is 2.99. The minimum atomic E-state index is -0.105. The topological polar surface area (TPSA) is 63.9 Å². The molecule has 0 fully saturated rings. The van der Waals surface area contributed by atoms with E-state index >= 15 is 0 Å². The molecule has 1 aliphatic heterocycles. The summed E-state index contributed by atoms with van der Waals surface area (Å²) in [6, 6.07) is 5.50. The summed E-state index contributed by atoms with van der Waals surface area (Å²) in [4.78, 5) is 30.3. The third kappa shape index (κ3) is 1.97. The summed E-state index contributed by atoms with van der Waals surface area (Å²) in [6.45, 7) is 1.98. The molecule has 1 aromatic carbocycles. The van der Waals surface area contributed by atoms with Crippen LogP contribution in [0.5, 0.6) is 5.75 Å². The smallest absolute Gasteiger partial charge is 0.264 e. The van der Waals surface area contributed by atoms with E-state index in [2.05, 4.69) is 4.98 Å². The third-order valence-electron chi connectivity index (χ3n) is 4.00. The number of aromatic nitrogens is 2. The van der Waals surface area contributed by atoms with Crippen molar-refractivity contribution < 1.29 is 14.3 Å². The van der Waals surface area contributed by atoms with Gasteiger partial charge >= 0.3 is 0 Å². The minimum absolute atomic E-state index is 0.0435. The Bertz CT molecular complexity index is 957. The zero-order chi connectivity index (χ0) is 16.1. The van der Waals surface area contributed by atoms with Crippen LogP contribution in [0, 0.1) is 6.92 Å². The highest BCUT2D eigenvalue weighted by Gasteiger charge is 2.24. The fraction of sp³-hybridized carbons (Fsp3) is 0.188. The highest BCUT2D eigenvalue weighted by Crippen LogP contribution is 2.36. The van der Waals surface area contributed by atoms with Crippen LogP contribution in [-0.2, 0) is 4.79 Å². The standard InChI is InChI=1S/C16H13N3O3S/c1-9-8-23-16-17-15(12(6-20)19(9)16)10-3-4-13-11(5-10)18(2)14(21)7-22-13/h3-6,8H,7H2,1-2H3. The molecule has 3 aromatic rings. The van der Waals surface area contributed by atoms with Crippen molar-refractivity contribution in [2.24, 2.45) is 0 Å². The molecule has 0 radical (unpaired) electrons. The molecule has 0 saturated carbocycles. The van der Waals surface area contributed by atoms with Crippen LogP contribution in [0.25, 0.3) is 16.2 Å². The van der Waals surface area contributed by atoms with Crippen molar-refractivity contribution in [3.05, 3.63) is 35.0 Å². The lowest BCUT2D eigenvalue weighted by Crippen LogP contribution is -2.35. The Hall–Kier alpha value is -2.67. The first kappa shape index (κ1) is 14.0. The first-order chi connectivity index (χ1) is 11.1. The molecule has 1 aliphatic rings. The van der Waals surface area contributed by atoms with Gasteiger partial charge in [-0.05, 0) is 25.1 Å². The van der Waals surface area contributed by atoms with Crippen molar-refractivity contribution in [1.29, 1.82) is 0 Å². The van der Waals surface area contributed by atoms with E-state index < -0.39 is 0 Å². The summed E-state index contributed by atoms with van der Waals surface area (Å²) >= 11 is 1.49. The van der Waals surface area contributed by atoms with E-state index in [4.69, 9.17) is 4.74 Å². The number of carbonyl (C=O) groups is 2. The molecule has 3 heterocycles. The van der Waals surface area contributed by atoms with Gasteiger partial charge in [-0.2, -0.15) is 0 Å². The second-order valence-corrected chi connectivity index (χ2v) is 6.22. The molecule has 0 atom stereocenters. The molecule has 4 rings (SSSR count). The number of carbonyl (C=O) groups excluding carboxylic acids is 2. The number of aryl methyl sites for hydroxylation is 1. The van der Waals surface area contributed by atoms with Crippen molar-refractivity contribution >= 4 is 34.2 Å². The number of thiazole rings is 1. The van der Waals surface area contributed by atoms with E-state index in [9.17, 15) is 9.59 Å². The molecule has 23 heavy (non-hydrogen) atoms. The number of rotatable bonds is 2. The van der Waals surface area contributed by atoms with Crippen molar-refractivity contribution in [3.63, 3.8) is 0 Å². The summed E-state index contributed by atoms with van der Waals surface area (Å²) in [5.41, 5.74) is 3.57. The van der Waals surface area contributed by atoms with E-state index in [1.807, 2.05) is 34.9 Å². The van der Waals surface area contributed by atoms with Crippen molar-refractivity contribution in [1.82, 2.24) is 9.38 Å². The summed E-state index contributed by atoms with van der Waals surface area (Å²) < 4.78 is 7.28. The predicted octanol–water partition coefficient (Wildman–Crippen LogP) is 2.54. The Morgan fingerprint density at radius 1 is 1.39 bits per heavy atom. The summed E-state index contributed by atoms with van der Waals surface area (Å²) in [5, 5.41) is 1.96. The number of amides is 1. The van der Waals surface area contributed by atoms with Gasteiger partial charge in [0.05, 0.1) is 5.69 Å². The van der Waals surface area contributed by atoms with Crippen LogP contribution >= 0.6 is 11.3 Å². The molecule has 2 aromatic heterocycles. The molecule has 0 unspecified atom stereocenters. The number of fused-ring (bicyclic) bond motifs is 2. The number of aldehydes is 1. The average Bonchev–Trinajstić information content (AvgIpc) is 3.10. The fourth-order valence-electron chi connectivity index (χ4n) is 2.76. The average molecular weight is 327 g/mol. The van der Waals surface area contributed by atoms with E-state index in [0.717, 1.165) is 22.5 Å². The molecule has 1 amide bonds. The van der Waals surface area contributed by atoms with Gasteiger partial charge in [-0.25, -0.2) is 4.98 Å². The van der Waals surface area contributed by atoms with E-state index in [1.165, 1.54) is 11.3 Å². The zero-order valence-corrected chi connectivity index (χ0v) is 13.4. The van der Waals surface area contributed by atoms with Gasteiger partial charge in [0.2, 0.25) is 0 Å². The molecule has 0 saturated heterocycles. The van der Waals surface area contributed by atoms with Gasteiger partial charge in [0.15, 0.2) is 17.9 Å². The maximum atomic E-state index is 11.8. The molecule has 0 bridgehead atoms. The second-order valence-electron chi connectivity index (χ2n) is 5.38. The number of hydrogen-bond donors (Lipinski definition) is 0. The first-order valence-corrected chi connectivity index (χ1v) is 7.93. The molecule has 6 nitrogen and oxygen atoms in total. The van der Waals surface area contributed by atoms with Crippen LogP contribution in [0.1, 0.15) is 16.2 Å². The predicted molar refractivity (Wildman–Crippen MR) is 87.5 cm³/mol. The van der Waals surface area contributed by atoms with Crippen LogP contribution < -0.4 is 9.64 Å². The monoisotopic (exact) mass is 327 g/mol. The van der Waals surface area contributed by atoms with E-state index in [-0.39, 0.29) is 12.5 Å². The first-order valence-electron chi connectivity index (χ1n) is 7.05. The number of imidazole rings is 1. The number of benzene rings is 1. The molecule has 0 aliphatic carbocycles. The van der Waals surface area contributed by atoms with E-state index in [1.54, 1.807) is 11.9 Å². The quantitative estimate of drug-likeness (QED) is 0.679. The largest absolute Gasteiger partial charge is 0.482 e. The van der Waals surface area contributed by atoms with Gasteiger partial charge in [-0.1, -0.05) is 0 Å². The minimum Gasteiger partial charge on any atom is -0.482 e. The highest BCUT2D eigenvalue weighted by molar-refractivity contribution is 7.15. The number of hydrogen-bond acceptors (Lipinski definition) is 5. The highest BCUT2D eigenvalue weighted by atomic mass is 32.1. The Morgan fingerprint density at radius 3 is 3.00 bits per heavy atom. The SMILES string of the molecule is Cc1csc2nc(-c3ccc4c(c3)N(C)C(=O)CO4)c(C=O)n12. The van der Waals surface area contributed by atoms with E-state index in [0.29, 0.717) is 22.8 Å². The summed E-state index contributed by atoms with van der Waals surface area (Å²) in [7, 11) is 1.71. The number of likely N-dealkylation sites (N-methyl/N-ethyl adjacent to an activating group) is 1. The van der Waals surface area contributed by atoms with Gasteiger partial charge in [0.25, 0.3) is 5.91 Å². The lowest BCUT2D eigenvalue weighted by Gasteiger charge is -2.26. The number of ether oxygens (including phenoxy) is 1. The molecule has 0 spiro atoms. The number of nitrogens with zero attached hydrogens (tertiary/aromatic N) is 3. The molecule has 116 valence electrons. The lowest BCUT2D eigenvalue weighted by molar-refractivity contribution is -0.120. The van der Waals surface area contributed by atoms with Crippen LogP contribution in [0.2, 0.25) is 0 Å². The lowest BCUT2D eigenvalue weighted by atomic mass is 10.1. The van der Waals surface area contributed by atoms with Crippen LogP contribution in [-0.4, -0.2) is 35.2 Å². The van der Waals surface area contributed by atoms with Crippen LogP contribution in [0.15, 0.2) is 23.6 Å². The zero-order valence-electron chi connectivity index (χ0n) is 12.6. The number of anilines is 1. The van der Waals surface area contributed by atoms with Gasteiger partial charge < -0.3 is 9.64 Å². The fourth-order valence-corrected chi connectivity index (χ4v) is 3.64. The van der Waals surface area contributed by atoms with Crippen LogP contribution in [0.4, 0.5) is 5.69 Å². The normalized spacial score (nSPS) is 14.0. The summed E-state index contributed by atoms with van der Waals surface area (Å²) in [6.07, 6.45) is 0.819. The maximum Gasteiger partial charge on any atom is 0.264 e. The molecule has 7 heteroatoms. The van der Waals surface area contributed by atoms with Gasteiger partial charge in [-0.3, -0.25) is 14.0 Å². The Balaban J connectivity index is 1.92. The summed E-state index contributed by atoms with van der Waals surface area (Å²) in [5.74, 6) is 0.549. The maximum absolute atomic E-state index is 11.8. The molecular weight excluding hydrogens is 314 g/mol. The Labute approximate surface area is 135 Å². The van der Waals surface area contributed by atoms with Crippen molar-refractivity contribution in [2.45, 2.75) is 6.92 Å². The molecular formula is C16H13N3O3S. The molecule has 0 N–H and O–H groups in total. The van der Waals surface area contributed by atoms with Gasteiger partial charge in [0, 0.05) is 23.7 Å². The third-order valence-corrected chi connectivity index (χ3v) is 4.94. The second kappa shape index (κ2) is 4.92. The van der Waals surface area contributed by atoms with Crippen molar-refractivity contribution in [3.8, 4) is 17.0 Å². The van der Waals surface area contributed by atoms with Crippen LogP contribution in [0.3, 0.4) is 0 Å². The van der Waals surface area contributed by atoms with Gasteiger partial charge in [0.1, 0.15) is 17.1 Å².